The summed E-state index contributed by atoms with van der Waals surface area (Å²) in [5.74, 6) is 0.442. The number of nitriles is 1. The van der Waals surface area contributed by atoms with Crippen molar-refractivity contribution in [3.63, 3.8) is 0 Å². The molecular weight excluding hydrogens is 352 g/mol. The van der Waals surface area contributed by atoms with Gasteiger partial charge in [-0.05, 0) is 31.0 Å². The zero-order chi connectivity index (χ0) is 18.6. The fourth-order valence-corrected chi connectivity index (χ4v) is 2.65. The van der Waals surface area contributed by atoms with E-state index < -0.39 is 0 Å². The normalized spacial score (nSPS) is 10.5. The van der Waals surface area contributed by atoms with Crippen molar-refractivity contribution in [3.05, 3.63) is 40.9 Å². The SMILES string of the molecule is CCOC(=O)Cc1csc(NN=Cc2cccc(OCCCC#N)c2)n1. The highest BCUT2D eigenvalue weighted by atomic mass is 32.1. The Bertz CT molecular complexity index is 783. The van der Waals surface area contributed by atoms with Crippen LogP contribution in [0.2, 0.25) is 0 Å². The summed E-state index contributed by atoms with van der Waals surface area (Å²) in [7, 11) is 0. The fraction of sp³-hybridized carbons (Fsp3) is 0.333. The number of hydrazone groups is 1. The van der Waals surface area contributed by atoms with Gasteiger partial charge < -0.3 is 9.47 Å². The predicted octanol–water partition coefficient (Wildman–Crippen LogP) is 3.38. The van der Waals surface area contributed by atoms with Crippen molar-refractivity contribution < 1.29 is 14.3 Å². The quantitative estimate of drug-likeness (QED) is 0.297. The van der Waals surface area contributed by atoms with Crippen LogP contribution in [0.25, 0.3) is 0 Å². The summed E-state index contributed by atoms with van der Waals surface area (Å²) in [5.41, 5.74) is 4.37. The Labute approximate surface area is 156 Å². The van der Waals surface area contributed by atoms with Crippen LogP contribution in [0.15, 0.2) is 34.7 Å². The van der Waals surface area contributed by atoms with E-state index in [9.17, 15) is 4.79 Å². The number of hydrogen-bond donors (Lipinski definition) is 1. The number of rotatable bonds is 10. The number of esters is 1. The van der Waals surface area contributed by atoms with Crippen LogP contribution in [0.3, 0.4) is 0 Å². The number of unbranched alkanes of at least 4 members (excludes halogenated alkanes) is 1. The number of thiazole rings is 1. The summed E-state index contributed by atoms with van der Waals surface area (Å²) in [6.45, 7) is 2.64. The molecule has 26 heavy (non-hydrogen) atoms. The van der Waals surface area contributed by atoms with Gasteiger partial charge in [0.25, 0.3) is 0 Å². The standard InChI is InChI=1S/C18H20N4O3S/c1-2-24-17(23)11-15-13-26-18(21-15)22-20-12-14-6-5-7-16(10-14)25-9-4-3-8-19/h5-7,10,12-13H,2-4,9,11H2,1H3,(H,21,22). The molecule has 2 rings (SSSR count). The third-order valence-electron chi connectivity index (χ3n) is 3.12. The maximum Gasteiger partial charge on any atom is 0.311 e. The van der Waals surface area contributed by atoms with Gasteiger partial charge >= 0.3 is 5.97 Å². The average molecular weight is 372 g/mol. The van der Waals surface area contributed by atoms with Crippen LogP contribution in [-0.2, 0) is 16.0 Å². The second-order valence-electron chi connectivity index (χ2n) is 5.18. The van der Waals surface area contributed by atoms with Crippen molar-refractivity contribution in [2.24, 2.45) is 5.10 Å². The summed E-state index contributed by atoms with van der Waals surface area (Å²) in [6.07, 6.45) is 3.00. The first-order valence-electron chi connectivity index (χ1n) is 8.20. The molecule has 1 N–H and O–H groups in total. The number of nitrogens with zero attached hydrogens (tertiary/aromatic N) is 3. The summed E-state index contributed by atoms with van der Waals surface area (Å²) in [5, 5.41) is 15.1. The molecule has 8 heteroatoms. The van der Waals surface area contributed by atoms with Gasteiger partial charge in [0.05, 0.1) is 37.6 Å². The summed E-state index contributed by atoms with van der Waals surface area (Å²) in [6, 6.07) is 9.60. The Kier molecular flexibility index (Phi) is 8.09. The van der Waals surface area contributed by atoms with Crippen LogP contribution in [0.5, 0.6) is 5.75 Å². The number of carbonyl (C=O) groups is 1. The molecule has 0 saturated carbocycles. The number of anilines is 1. The number of ether oxygens (including phenoxy) is 2. The van der Waals surface area contributed by atoms with Crippen molar-refractivity contribution >= 4 is 28.7 Å². The zero-order valence-electron chi connectivity index (χ0n) is 14.5. The molecule has 7 nitrogen and oxygen atoms in total. The maximum absolute atomic E-state index is 11.4. The minimum absolute atomic E-state index is 0.154. The predicted molar refractivity (Wildman–Crippen MR) is 100 cm³/mol. The Morgan fingerprint density at radius 1 is 1.50 bits per heavy atom. The minimum atomic E-state index is -0.292. The van der Waals surface area contributed by atoms with Gasteiger partial charge in [-0.15, -0.1) is 11.3 Å². The molecule has 2 aromatic rings. The molecule has 1 aromatic heterocycles. The molecule has 0 aliphatic rings. The lowest BCUT2D eigenvalue weighted by Crippen LogP contribution is -2.07. The van der Waals surface area contributed by atoms with Gasteiger partial charge in [-0.1, -0.05) is 12.1 Å². The summed E-state index contributed by atoms with van der Waals surface area (Å²) < 4.78 is 10.5. The van der Waals surface area contributed by atoms with E-state index in [0.717, 1.165) is 11.3 Å². The number of aromatic nitrogens is 1. The van der Waals surface area contributed by atoms with E-state index in [1.807, 2.05) is 24.3 Å². The number of carbonyl (C=O) groups excluding carboxylic acids is 1. The first kappa shape index (κ1) is 19.4. The second-order valence-corrected chi connectivity index (χ2v) is 6.04. The molecule has 0 saturated heterocycles. The first-order valence-corrected chi connectivity index (χ1v) is 9.08. The Balaban J connectivity index is 1.84. The van der Waals surface area contributed by atoms with Crippen LogP contribution in [0.4, 0.5) is 5.13 Å². The van der Waals surface area contributed by atoms with E-state index in [1.165, 1.54) is 11.3 Å². The van der Waals surface area contributed by atoms with E-state index in [4.69, 9.17) is 14.7 Å². The van der Waals surface area contributed by atoms with Gasteiger partial charge in [0, 0.05) is 11.8 Å². The van der Waals surface area contributed by atoms with Crippen LogP contribution in [0, 0.1) is 11.3 Å². The third kappa shape index (κ3) is 6.91. The highest BCUT2D eigenvalue weighted by Gasteiger charge is 2.07. The molecule has 0 bridgehead atoms. The van der Waals surface area contributed by atoms with Gasteiger partial charge in [0.2, 0.25) is 5.13 Å². The van der Waals surface area contributed by atoms with Gasteiger partial charge in [-0.3, -0.25) is 10.2 Å². The largest absolute Gasteiger partial charge is 0.494 e. The van der Waals surface area contributed by atoms with Crippen LogP contribution in [-0.4, -0.2) is 30.4 Å². The highest BCUT2D eigenvalue weighted by molar-refractivity contribution is 7.13. The van der Waals surface area contributed by atoms with Crippen molar-refractivity contribution in [2.75, 3.05) is 18.6 Å². The molecule has 0 atom stereocenters. The van der Waals surface area contributed by atoms with E-state index in [2.05, 4.69) is 21.6 Å². The van der Waals surface area contributed by atoms with E-state index in [0.29, 0.717) is 36.9 Å². The smallest absolute Gasteiger partial charge is 0.311 e. The number of benzene rings is 1. The lowest BCUT2D eigenvalue weighted by Gasteiger charge is -2.05. The molecule has 0 aliphatic heterocycles. The molecule has 1 heterocycles. The zero-order valence-corrected chi connectivity index (χ0v) is 15.3. The van der Waals surface area contributed by atoms with Crippen LogP contribution in [0.1, 0.15) is 31.0 Å². The number of hydrogen-bond acceptors (Lipinski definition) is 8. The molecule has 136 valence electrons. The van der Waals surface area contributed by atoms with Gasteiger partial charge in [-0.2, -0.15) is 10.4 Å². The van der Waals surface area contributed by atoms with Crippen LogP contribution >= 0.6 is 11.3 Å². The maximum atomic E-state index is 11.4. The molecule has 1 aromatic carbocycles. The second kappa shape index (κ2) is 10.8. The van der Waals surface area contributed by atoms with Crippen molar-refractivity contribution in [3.8, 4) is 11.8 Å². The van der Waals surface area contributed by atoms with Crippen molar-refractivity contribution in [1.82, 2.24) is 4.98 Å². The molecule has 0 fully saturated rings. The highest BCUT2D eigenvalue weighted by Crippen LogP contribution is 2.16. The van der Waals surface area contributed by atoms with Crippen LogP contribution < -0.4 is 10.2 Å². The Hall–Kier alpha value is -2.92. The molecule has 0 aliphatic carbocycles. The van der Waals surface area contributed by atoms with E-state index in [1.54, 1.807) is 18.5 Å². The fourth-order valence-electron chi connectivity index (χ4n) is 1.99. The molecule has 0 amide bonds. The monoisotopic (exact) mass is 372 g/mol. The third-order valence-corrected chi connectivity index (χ3v) is 3.91. The van der Waals surface area contributed by atoms with E-state index in [-0.39, 0.29) is 12.4 Å². The average Bonchev–Trinajstić information content (AvgIpc) is 3.06. The van der Waals surface area contributed by atoms with Gasteiger partial charge in [-0.25, -0.2) is 4.98 Å². The summed E-state index contributed by atoms with van der Waals surface area (Å²) in [4.78, 5) is 15.7. The summed E-state index contributed by atoms with van der Waals surface area (Å²) >= 11 is 1.37. The molecular formula is C18H20N4O3S. The lowest BCUT2D eigenvalue weighted by molar-refractivity contribution is -0.142. The van der Waals surface area contributed by atoms with Gasteiger partial charge in [0.15, 0.2) is 0 Å². The van der Waals surface area contributed by atoms with E-state index >= 15 is 0 Å². The molecule has 0 radical (unpaired) electrons. The molecule has 0 spiro atoms. The first-order chi connectivity index (χ1) is 12.7. The minimum Gasteiger partial charge on any atom is -0.494 e. The van der Waals surface area contributed by atoms with Gasteiger partial charge in [0.1, 0.15) is 5.75 Å². The number of nitrogens with one attached hydrogen (secondary N) is 1. The Morgan fingerprint density at radius 3 is 3.19 bits per heavy atom. The lowest BCUT2D eigenvalue weighted by atomic mass is 10.2. The topological polar surface area (TPSA) is 96.6 Å². The molecule has 0 unspecified atom stereocenters. The Morgan fingerprint density at radius 2 is 2.38 bits per heavy atom. The van der Waals surface area contributed by atoms with Crippen molar-refractivity contribution in [2.45, 2.75) is 26.2 Å². The van der Waals surface area contributed by atoms with Crippen molar-refractivity contribution in [1.29, 1.82) is 5.26 Å².